The Morgan fingerprint density at radius 2 is 2.38 bits per heavy atom. The van der Waals surface area contributed by atoms with E-state index in [0.29, 0.717) is 17.4 Å². The van der Waals surface area contributed by atoms with Crippen molar-refractivity contribution in [2.24, 2.45) is 0 Å². The number of rotatable bonds is 7. The molecule has 1 aromatic heterocycles. The van der Waals surface area contributed by atoms with Crippen molar-refractivity contribution in [3.63, 3.8) is 0 Å². The van der Waals surface area contributed by atoms with Gasteiger partial charge in [-0.3, -0.25) is 14.9 Å². The Morgan fingerprint density at radius 3 is 3.00 bits per heavy atom. The molecule has 8 nitrogen and oxygen atoms in total. The third kappa shape index (κ3) is 4.33. The Kier molecular flexibility index (Phi) is 5.93. The van der Waals surface area contributed by atoms with E-state index in [1.54, 1.807) is 23.9 Å². The lowest BCUT2D eigenvalue weighted by Crippen LogP contribution is -2.23. The summed E-state index contributed by atoms with van der Waals surface area (Å²) in [6.45, 7) is 5.90. The number of allylic oxidation sites excluding steroid dienone is 1. The highest BCUT2D eigenvalue weighted by molar-refractivity contribution is 8.00. The molecule has 1 atom stereocenters. The Bertz CT molecular complexity index is 780. The average molecular weight is 368 g/mol. The molecule has 126 valence electrons. The summed E-state index contributed by atoms with van der Waals surface area (Å²) in [5.41, 5.74) is 0.172. The number of anilines is 1. The van der Waals surface area contributed by atoms with Gasteiger partial charge in [0.2, 0.25) is 5.91 Å². The van der Waals surface area contributed by atoms with Crippen LogP contribution in [0.5, 0.6) is 0 Å². The number of carbonyl (C=O) groups is 1. The predicted molar refractivity (Wildman–Crippen MR) is 92.3 cm³/mol. The van der Waals surface area contributed by atoms with Gasteiger partial charge in [-0.2, -0.15) is 0 Å². The van der Waals surface area contributed by atoms with Crippen molar-refractivity contribution in [3.8, 4) is 0 Å². The summed E-state index contributed by atoms with van der Waals surface area (Å²) in [5, 5.41) is 21.3. The lowest BCUT2D eigenvalue weighted by Gasteiger charge is -2.12. The highest BCUT2D eigenvalue weighted by atomic mass is 35.5. The Balaban J connectivity index is 2.05. The molecule has 0 radical (unpaired) electrons. The van der Waals surface area contributed by atoms with Gasteiger partial charge in [-0.1, -0.05) is 29.4 Å². The molecule has 24 heavy (non-hydrogen) atoms. The number of hydrogen-bond acceptors (Lipinski definition) is 6. The number of hydrogen-bond donors (Lipinski definition) is 1. The Hall–Kier alpha value is -2.39. The molecular formula is C14H14ClN5O3S. The zero-order valence-corrected chi connectivity index (χ0v) is 14.3. The van der Waals surface area contributed by atoms with E-state index in [1.807, 2.05) is 0 Å². The monoisotopic (exact) mass is 367 g/mol. The number of aromatic nitrogens is 3. The van der Waals surface area contributed by atoms with Crippen molar-refractivity contribution in [2.75, 3.05) is 5.32 Å². The van der Waals surface area contributed by atoms with Crippen LogP contribution >= 0.6 is 23.4 Å². The van der Waals surface area contributed by atoms with Crippen LogP contribution in [0.15, 0.2) is 42.3 Å². The van der Waals surface area contributed by atoms with E-state index in [2.05, 4.69) is 22.1 Å². The normalized spacial score (nSPS) is 11.8. The van der Waals surface area contributed by atoms with E-state index in [4.69, 9.17) is 11.6 Å². The number of amides is 1. The second kappa shape index (κ2) is 7.93. The first kappa shape index (κ1) is 18.0. The van der Waals surface area contributed by atoms with E-state index in [9.17, 15) is 14.9 Å². The van der Waals surface area contributed by atoms with E-state index < -0.39 is 10.2 Å². The standard InChI is InChI=1S/C14H14ClN5O3S/c1-3-6-19-8-16-18-14(19)24-9(2)13(21)17-12-5-4-10(20(22)23)7-11(12)15/h3-5,7-9H,1,6H2,2H3,(H,17,21). The number of carbonyl (C=O) groups excluding carboxylic acids is 1. The molecule has 0 bridgehead atoms. The number of nitrogens with one attached hydrogen (secondary N) is 1. The van der Waals surface area contributed by atoms with Gasteiger partial charge in [0.15, 0.2) is 5.16 Å². The van der Waals surface area contributed by atoms with Crippen molar-refractivity contribution in [1.82, 2.24) is 14.8 Å². The molecular weight excluding hydrogens is 354 g/mol. The number of halogens is 1. The maximum atomic E-state index is 12.3. The van der Waals surface area contributed by atoms with Crippen molar-refractivity contribution in [3.05, 3.63) is 52.3 Å². The van der Waals surface area contributed by atoms with Crippen molar-refractivity contribution in [2.45, 2.75) is 23.9 Å². The molecule has 1 N–H and O–H groups in total. The van der Waals surface area contributed by atoms with Crippen LogP contribution < -0.4 is 5.32 Å². The van der Waals surface area contributed by atoms with Gasteiger partial charge in [0.25, 0.3) is 5.69 Å². The molecule has 2 rings (SSSR count). The minimum absolute atomic E-state index is 0.101. The largest absolute Gasteiger partial charge is 0.324 e. The summed E-state index contributed by atoms with van der Waals surface area (Å²) >= 11 is 7.20. The number of nitrogens with zero attached hydrogens (tertiary/aromatic N) is 4. The molecule has 0 aliphatic carbocycles. The fourth-order valence-corrected chi connectivity index (χ4v) is 2.82. The van der Waals surface area contributed by atoms with Gasteiger partial charge in [0, 0.05) is 18.7 Å². The van der Waals surface area contributed by atoms with Gasteiger partial charge in [-0.05, 0) is 13.0 Å². The molecule has 1 unspecified atom stereocenters. The number of nitro groups is 1. The van der Waals surface area contributed by atoms with Gasteiger partial charge in [0.1, 0.15) is 6.33 Å². The summed E-state index contributed by atoms with van der Waals surface area (Å²) in [5.74, 6) is -0.302. The zero-order chi connectivity index (χ0) is 17.7. The van der Waals surface area contributed by atoms with Crippen LogP contribution in [0.3, 0.4) is 0 Å². The van der Waals surface area contributed by atoms with Gasteiger partial charge in [0.05, 0.1) is 20.9 Å². The van der Waals surface area contributed by atoms with Gasteiger partial charge in [-0.25, -0.2) is 0 Å². The van der Waals surface area contributed by atoms with Gasteiger partial charge >= 0.3 is 0 Å². The van der Waals surface area contributed by atoms with Crippen LogP contribution in [0, 0.1) is 10.1 Å². The third-order valence-electron chi connectivity index (χ3n) is 2.98. The fourth-order valence-electron chi connectivity index (χ4n) is 1.76. The summed E-state index contributed by atoms with van der Waals surface area (Å²) in [6.07, 6.45) is 3.26. The van der Waals surface area contributed by atoms with E-state index >= 15 is 0 Å². The smallest absolute Gasteiger partial charge is 0.271 e. The molecule has 1 amide bonds. The van der Waals surface area contributed by atoms with Crippen molar-refractivity contribution >= 4 is 40.6 Å². The van der Waals surface area contributed by atoms with Crippen LogP contribution in [0.4, 0.5) is 11.4 Å². The Morgan fingerprint density at radius 1 is 1.62 bits per heavy atom. The number of thioether (sulfide) groups is 1. The SMILES string of the molecule is C=CCn1cnnc1SC(C)C(=O)Nc1ccc([N+](=O)[O-])cc1Cl. The maximum absolute atomic E-state index is 12.3. The van der Waals surface area contributed by atoms with Crippen LogP contribution in [0.1, 0.15) is 6.92 Å². The highest BCUT2D eigenvalue weighted by Crippen LogP contribution is 2.28. The summed E-state index contributed by atoms with van der Waals surface area (Å²) in [7, 11) is 0. The van der Waals surface area contributed by atoms with Crippen LogP contribution in [0.2, 0.25) is 5.02 Å². The van der Waals surface area contributed by atoms with Crippen molar-refractivity contribution in [1.29, 1.82) is 0 Å². The number of non-ortho nitro benzene ring substituents is 1. The first-order valence-electron chi connectivity index (χ1n) is 6.82. The second-order valence-electron chi connectivity index (χ2n) is 4.73. The third-order valence-corrected chi connectivity index (χ3v) is 4.39. The molecule has 0 aliphatic heterocycles. The zero-order valence-electron chi connectivity index (χ0n) is 12.7. The van der Waals surface area contributed by atoms with Gasteiger partial charge < -0.3 is 9.88 Å². The molecule has 1 aromatic carbocycles. The summed E-state index contributed by atoms with van der Waals surface area (Å²) in [6, 6.07) is 3.87. The predicted octanol–water partition coefficient (Wildman–Crippen LogP) is 3.15. The summed E-state index contributed by atoms with van der Waals surface area (Å²) in [4.78, 5) is 22.4. The van der Waals surface area contributed by atoms with Crippen molar-refractivity contribution < 1.29 is 9.72 Å². The quantitative estimate of drug-likeness (QED) is 0.349. The minimum Gasteiger partial charge on any atom is -0.324 e. The first-order valence-corrected chi connectivity index (χ1v) is 8.08. The lowest BCUT2D eigenvalue weighted by molar-refractivity contribution is -0.384. The van der Waals surface area contributed by atoms with Gasteiger partial charge in [-0.15, -0.1) is 16.8 Å². The van der Waals surface area contributed by atoms with E-state index in [-0.39, 0.29) is 16.6 Å². The topological polar surface area (TPSA) is 103 Å². The fraction of sp³-hybridized carbons (Fsp3) is 0.214. The molecule has 0 aliphatic rings. The number of nitro benzene ring substituents is 1. The second-order valence-corrected chi connectivity index (χ2v) is 6.44. The molecule has 0 saturated carbocycles. The lowest BCUT2D eigenvalue weighted by atomic mass is 10.2. The maximum Gasteiger partial charge on any atom is 0.271 e. The molecule has 10 heteroatoms. The highest BCUT2D eigenvalue weighted by Gasteiger charge is 2.19. The van der Waals surface area contributed by atoms with Crippen LogP contribution in [0.25, 0.3) is 0 Å². The number of benzene rings is 1. The van der Waals surface area contributed by atoms with Crippen LogP contribution in [-0.2, 0) is 11.3 Å². The summed E-state index contributed by atoms with van der Waals surface area (Å²) < 4.78 is 1.76. The molecule has 1 heterocycles. The minimum atomic E-state index is -0.553. The molecule has 0 spiro atoms. The molecule has 0 saturated heterocycles. The van der Waals surface area contributed by atoms with Crippen LogP contribution in [-0.4, -0.2) is 30.8 Å². The first-order chi connectivity index (χ1) is 11.4. The van der Waals surface area contributed by atoms with E-state index in [1.165, 1.54) is 30.0 Å². The Labute approximate surface area is 147 Å². The molecule has 0 fully saturated rings. The van der Waals surface area contributed by atoms with E-state index in [0.717, 1.165) is 0 Å². The molecule has 2 aromatic rings. The average Bonchev–Trinajstić information content (AvgIpc) is 2.96.